The van der Waals surface area contributed by atoms with E-state index in [0.717, 1.165) is 19.5 Å². The number of hydrogen-bond acceptors (Lipinski definition) is 7. The molecule has 0 amide bonds. The van der Waals surface area contributed by atoms with E-state index in [1.54, 1.807) is 0 Å². The van der Waals surface area contributed by atoms with E-state index in [9.17, 15) is 5.11 Å². The van der Waals surface area contributed by atoms with Gasteiger partial charge in [0.25, 0.3) is 0 Å². The second kappa shape index (κ2) is 6.51. The van der Waals surface area contributed by atoms with Crippen molar-refractivity contribution in [3.05, 3.63) is 0 Å². The van der Waals surface area contributed by atoms with E-state index in [1.807, 2.05) is 32.6 Å². The Labute approximate surface area is 114 Å². The smallest absolute Gasteiger partial charge is 0.231 e. The first-order chi connectivity index (χ1) is 8.97. The van der Waals surface area contributed by atoms with Gasteiger partial charge in [-0.25, -0.2) is 0 Å². The zero-order chi connectivity index (χ0) is 14.5. The van der Waals surface area contributed by atoms with E-state index in [4.69, 9.17) is 5.73 Å². The van der Waals surface area contributed by atoms with Crippen LogP contribution in [-0.2, 0) is 0 Å². The quantitative estimate of drug-likeness (QED) is 0.674. The molecule has 0 saturated carbocycles. The summed E-state index contributed by atoms with van der Waals surface area (Å²) in [6, 6.07) is 0. The lowest BCUT2D eigenvalue weighted by molar-refractivity contribution is 0.218. The number of anilines is 3. The highest BCUT2D eigenvalue weighted by molar-refractivity contribution is 5.43. The third kappa shape index (κ3) is 3.92. The summed E-state index contributed by atoms with van der Waals surface area (Å²) in [6.07, 6.45) is 0.746. The van der Waals surface area contributed by atoms with Crippen LogP contribution in [0.3, 0.4) is 0 Å². The molecule has 4 N–H and O–H groups in total. The third-order valence-electron chi connectivity index (χ3n) is 3.23. The van der Waals surface area contributed by atoms with Crippen LogP contribution in [0.2, 0.25) is 0 Å². The molecule has 108 valence electrons. The first kappa shape index (κ1) is 15.4. The van der Waals surface area contributed by atoms with E-state index >= 15 is 0 Å². The highest BCUT2D eigenvalue weighted by atomic mass is 16.3. The van der Waals surface area contributed by atoms with Gasteiger partial charge in [0.1, 0.15) is 0 Å². The van der Waals surface area contributed by atoms with E-state index < -0.39 is 5.54 Å². The van der Waals surface area contributed by atoms with Crippen molar-refractivity contribution in [2.75, 3.05) is 35.6 Å². The summed E-state index contributed by atoms with van der Waals surface area (Å²) in [5.74, 6) is 1.12. The molecular formula is C12H24N6O. The number of aromatic nitrogens is 3. The van der Waals surface area contributed by atoms with Gasteiger partial charge >= 0.3 is 0 Å². The van der Waals surface area contributed by atoms with Gasteiger partial charge < -0.3 is 21.1 Å². The third-order valence-corrected chi connectivity index (χ3v) is 3.23. The fraction of sp³-hybridized carbons (Fsp3) is 0.750. The van der Waals surface area contributed by atoms with Crippen LogP contribution in [0, 0.1) is 0 Å². The minimum atomic E-state index is -0.464. The molecule has 0 aliphatic rings. The molecule has 1 aromatic rings. The van der Waals surface area contributed by atoms with Crippen molar-refractivity contribution in [3.63, 3.8) is 0 Å². The predicted octanol–water partition coefficient (Wildman–Crippen LogP) is 0.873. The molecule has 0 spiro atoms. The van der Waals surface area contributed by atoms with Crippen molar-refractivity contribution < 1.29 is 5.11 Å². The number of nitrogens with two attached hydrogens (primary N) is 1. The summed E-state index contributed by atoms with van der Waals surface area (Å²) in [6.45, 7) is 9.54. The Morgan fingerprint density at radius 2 is 1.84 bits per heavy atom. The summed E-state index contributed by atoms with van der Waals surface area (Å²) in [4.78, 5) is 14.6. The van der Waals surface area contributed by atoms with Crippen LogP contribution >= 0.6 is 0 Å². The normalized spacial score (nSPS) is 13.9. The Kier molecular flexibility index (Phi) is 5.29. The molecule has 7 nitrogen and oxygen atoms in total. The van der Waals surface area contributed by atoms with Crippen LogP contribution < -0.4 is 16.0 Å². The number of aliphatic hydroxyl groups is 1. The monoisotopic (exact) mass is 268 g/mol. The number of hydrogen-bond donors (Lipinski definition) is 3. The van der Waals surface area contributed by atoms with Gasteiger partial charge in [-0.3, -0.25) is 0 Å². The Hall–Kier alpha value is -1.63. The molecular weight excluding hydrogens is 244 g/mol. The largest absolute Gasteiger partial charge is 0.394 e. The van der Waals surface area contributed by atoms with E-state index in [-0.39, 0.29) is 12.6 Å². The second-order valence-corrected chi connectivity index (χ2v) is 4.69. The molecule has 19 heavy (non-hydrogen) atoms. The van der Waals surface area contributed by atoms with Crippen molar-refractivity contribution in [3.8, 4) is 0 Å². The van der Waals surface area contributed by atoms with Gasteiger partial charge in [-0.2, -0.15) is 15.0 Å². The molecule has 7 heteroatoms. The summed E-state index contributed by atoms with van der Waals surface area (Å²) >= 11 is 0. The molecule has 0 radical (unpaired) electrons. The molecule has 0 bridgehead atoms. The maximum absolute atomic E-state index is 9.41. The number of aliphatic hydroxyl groups excluding tert-OH is 1. The lowest BCUT2D eigenvalue weighted by Gasteiger charge is -2.27. The van der Waals surface area contributed by atoms with Crippen molar-refractivity contribution in [2.45, 2.75) is 39.7 Å². The first-order valence-electron chi connectivity index (χ1n) is 6.63. The van der Waals surface area contributed by atoms with Crippen LogP contribution in [0.4, 0.5) is 17.8 Å². The Morgan fingerprint density at radius 3 is 2.32 bits per heavy atom. The molecule has 1 aromatic heterocycles. The molecule has 1 unspecified atom stereocenters. The predicted molar refractivity (Wildman–Crippen MR) is 77.2 cm³/mol. The summed E-state index contributed by atoms with van der Waals surface area (Å²) < 4.78 is 0. The van der Waals surface area contributed by atoms with Gasteiger partial charge in [0.05, 0.1) is 12.1 Å². The summed E-state index contributed by atoms with van der Waals surface area (Å²) in [5.41, 5.74) is 5.25. The summed E-state index contributed by atoms with van der Waals surface area (Å²) in [7, 11) is 0. The van der Waals surface area contributed by atoms with Gasteiger partial charge in [0.15, 0.2) is 0 Å². The number of nitrogens with zero attached hydrogens (tertiary/aromatic N) is 4. The van der Waals surface area contributed by atoms with Crippen molar-refractivity contribution in [1.29, 1.82) is 0 Å². The summed E-state index contributed by atoms with van der Waals surface area (Å²) in [5, 5.41) is 12.5. The molecule has 1 atom stereocenters. The zero-order valence-corrected chi connectivity index (χ0v) is 12.1. The average Bonchev–Trinajstić information content (AvgIpc) is 2.39. The molecule has 0 saturated heterocycles. The Morgan fingerprint density at radius 1 is 1.21 bits per heavy atom. The SMILES string of the molecule is CCN(CC)c1nc(N)nc(NC(C)(CC)CO)n1. The van der Waals surface area contributed by atoms with Crippen LogP contribution in [0.25, 0.3) is 0 Å². The maximum Gasteiger partial charge on any atom is 0.231 e. The standard InChI is InChI=1S/C12H24N6O/c1-5-12(4,8-19)17-10-14-9(13)15-11(16-10)18(6-2)7-3/h19H,5-8H2,1-4H3,(H3,13,14,15,16,17). The Balaban J connectivity index is 3.03. The lowest BCUT2D eigenvalue weighted by Crippen LogP contribution is -2.39. The molecule has 1 rings (SSSR count). The second-order valence-electron chi connectivity index (χ2n) is 4.69. The van der Waals surface area contributed by atoms with Crippen molar-refractivity contribution >= 4 is 17.8 Å². The minimum absolute atomic E-state index is 0.00428. The van der Waals surface area contributed by atoms with Gasteiger partial charge in [0.2, 0.25) is 17.8 Å². The number of nitrogens with one attached hydrogen (secondary N) is 1. The average molecular weight is 268 g/mol. The van der Waals surface area contributed by atoms with Gasteiger partial charge in [0, 0.05) is 13.1 Å². The number of rotatable bonds is 7. The lowest BCUT2D eigenvalue weighted by atomic mass is 10.0. The topological polar surface area (TPSA) is 100 Å². The van der Waals surface area contributed by atoms with Gasteiger partial charge in [-0.05, 0) is 27.2 Å². The van der Waals surface area contributed by atoms with Gasteiger partial charge in [-0.1, -0.05) is 6.92 Å². The maximum atomic E-state index is 9.41. The molecule has 0 aromatic carbocycles. The van der Waals surface area contributed by atoms with Crippen LogP contribution in [-0.4, -0.2) is 45.3 Å². The fourth-order valence-corrected chi connectivity index (χ4v) is 1.59. The highest BCUT2D eigenvalue weighted by Crippen LogP contribution is 2.17. The van der Waals surface area contributed by atoms with E-state index in [1.165, 1.54) is 0 Å². The van der Waals surface area contributed by atoms with Crippen LogP contribution in [0.15, 0.2) is 0 Å². The number of nitrogen functional groups attached to an aromatic ring is 1. The van der Waals surface area contributed by atoms with Gasteiger partial charge in [-0.15, -0.1) is 0 Å². The highest BCUT2D eigenvalue weighted by Gasteiger charge is 2.22. The van der Waals surface area contributed by atoms with E-state index in [0.29, 0.717) is 11.9 Å². The van der Waals surface area contributed by atoms with E-state index in [2.05, 4.69) is 20.3 Å². The molecule has 0 aliphatic carbocycles. The molecule has 1 heterocycles. The zero-order valence-electron chi connectivity index (χ0n) is 12.1. The van der Waals surface area contributed by atoms with Crippen LogP contribution in [0.5, 0.6) is 0 Å². The molecule has 0 aliphatic heterocycles. The first-order valence-corrected chi connectivity index (χ1v) is 6.63. The van der Waals surface area contributed by atoms with Crippen LogP contribution in [0.1, 0.15) is 34.1 Å². The van der Waals surface area contributed by atoms with Crippen molar-refractivity contribution in [2.24, 2.45) is 0 Å². The minimum Gasteiger partial charge on any atom is -0.394 e. The molecule has 0 fully saturated rings. The fourth-order valence-electron chi connectivity index (χ4n) is 1.59. The van der Waals surface area contributed by atoms with Crippen molar-refractivity contribution in [1.82, 2.24) is 15.0 Å². The Bertz CT molecular complexity index is 403.